The highest BCUT2D eigenvalue weighted by Gasteiger charge is 2.20. The van der Waals surface area contributed by atoms with E-state index in [4.69, 9.17) is 11.6 Å². The van der Waals surface area contributed by atoms with Crippen LogP contribution in [-0.2, 0) is 6.54 Å². The van der Waals surface area contributed by atoms with Gasteiger partial charge in [-0.2, -0.15) is 0 Å². The summed E-state index contributed by atoms with van der Waals surface area (Å²) >= 11 is 6.00. The molecule has 1 aliphatic rings. The number of fused-ring (bicyclic) bond motifs is 1. The maximum atomic E-state index is 6.00. The summed E-state index contributed by atoms with van der Waals surface area (Å²) in [5.41, 5.74) is 2.87. The first kappa shape index (κ1) is 11.0. The van der Waals surface area contributed by atoms with Crippen molar-refractivity contribution in [2.45, 2.75) is 32.7 Å². The Balaban J connectivity index is 2.26. The smallest absolute Gasteiger partial charge is 0.0409 e. The van der Waals surface area contributed by atoms with Crippen molar-refractivity contribution in [1.82, 2.24) is 5.32 Å². The average molecular weight is 224 g/mol. The van der Waals surface area contributed by atoms with Crippen LogP contribution in [0.3, 0.4) is 0 Å². The lowest BCUT2D eigenvalue weighted by atomic mass is 9.85. The SMILES string of the molecule is CC(C)CC1CNCc2cc(Cl)ccc21. The predicted molar refractivity (Wildman–Crippen MR) is 65.4 cm³/mol. The second-order valence-corrected chi connectivity index (χ2v) is 5.24. The molecule has 1 unspecified atom stereocenters. The maximum absolute atomic E-state index is 6.00. The molecule has 82 valence electrons. The van der Waals surface area contributed by atoms with Gasteiger partial charge in [-0.1, -0.05) is 31.5 Å². The summed E-state index contributed by atoms with van der Waals surface area (Å²) in [5.74, 6) is 1.41. The number of halogens is 1. The number of hydrogen-bond donors (Lipinski definition) is 1. The van der Waals surface area contributed by atoms with Gasteiger partial charge in [-0.05, 0) is 41.5 Å². The van der Waals surface area contributed by atoms with Crippen LogP contribution in [0.2, 0.25) is 5.02 Å². The zero-order chi connectivity index (χ0) is 10.8. The summed E-state index contributed by atoms with van der Waals surface area (Å²) in [6.07, 6.45) is 1.25. The average Bonchev–Trinajstić information content (AvgIpc) is 2.16. The molecule has 1 aromatic rings. The third-order valence-electron chi connectivity index (χ3n) is 3.01. The lowest BCUT2D eigenvalue weighted by Crippen LogP contribution is -2.28. The van der Waals surface area contributed by atoms with E-state index in [1.54, 1.807) is 0 Å². The minimum absolute atomic E-state index is 0.658. The van der Waals surface area contributed by atoms with Gasteiger partial charge in [-0.25, -0.2) is 0 Å². The van der Waals surface area contributed by atoms with Crippen LogP contribution in [0, 0.1) is 5.92 Å². The fraction of sp³-hybridized carbons (Fsp3) is 0.538. The highest BCUT2D eigenvalue weighted by Crippen LogP contribution is 2.30. The van der Waals surface area contributed by atoms with Crippen molar-refractivity contribution in [3.63, 3.8) is 0 Å². The molecule has 0 aromatic heterocycles. The molecule has 2 rings (SSSR count). The van der Waals surface area contributed by atoms with Crippen LogP contribution in [0.1, 0.15) is 37.3 Å². The van der Waals surface area contributed by atoms with E-state index in [1.807, 2.05) is 6.07 Å². The summed E-state index contributed by atoms with van der Waals surface area (Å²) in [7, 11) is 0. The summed E-state index contributed by atoms with van der Waals surface area (Å²) in [6, 6.07) is 6.31. The normalized spacial score (nSPS) is 20.4. The summed E-state index contributed by atoms with van der Waals surface area (Å²) in [4.78, 5) is 0. The second-order valence-electron chi connectivity index (χ2n) is 4.80. The molecular weight excluding hydrogens is 206 g/mol. The first-order valence-electron chi connectivity index (χ1n) is 5.66. The zero-order valence-electron chi connectivity index (χ0n) is 9.39. The van der Waals surface area contributed by atoms with Crippen LogP contribution in [0.15, 0.2) is 18.2 Å². The Bertz CT molecular complexity index is 346. The van der Waals surface area contributed by atoms with E-state index < -0.39 is 0 Å². The van der Waals surface area contributed by atoms with Crippen molar-refractivity contribution < 1.29 is 0 Å². The van der Waals surface area contributed by atoms with Crippen LogP contribution in [0.25, 0.3) is 0 Å². The topological polar surface area (TPSA) is 12.0 Å². The molecular formula is C13H18ClN. The van der Waals surface area contributed by atoms with Crippen LogP contribution in [-0.4, -0.2) is 6.54 Å². The van der Waals surface area contributed by atoms with Crippen LogP contribution < -0.4 is 5.32 Å². The molecule has 1 atom stereocenters. The number of hydrogen-bond acceptors (Lipinski definition) is 1. The monoisotopic (exact) mass is 223 g/mol. The molecule has 1 heterocycles. The molecule has 0 fully saturated rings. The van der Waals surface area contributed by atoms with Gasteiger partial charge in [0.15, 0.2) is 0 Å². The van der Waals surface area contributed by atoms with E-state index in [2.05, 4.69) is 31.3 Å². The summed E-state index contributed by atoms with van der Waals surface area (Å²) in [6.45, 7) is 6.63. The van der Waals surface area contributed by atoms with Crippen LogP contribution in [0.4, 0.5) is 0 Å². The lowest BCUT2D eigenvalue weighted by Gasteiger charge is -2.27. The van der Waals surface area contributed by atoms with Crippen molar-refractivity contribution in [2.75, 3.05) is 6.54 Å². The van der Waals surface area contributed by atoms with E-state index in [-0.39, 0.29) is 0 Å². The molecule has 2 heteroatoms. The van der Waals surface area contributed by atoms with Crippen molar-refractivity contribution in [1.29, 1.82) is 0 Å². The van der Waals surface area contributed by atoms with Gasteiger partial charge in [-0.15, -0.1) is 0 Å². The first-order chi connectivity index (χ1) is 7.16. The minimum Gasteiger partial charge on any atom is -0.312 e. The van der Waals surface area contributed by atoms with Gasteiger partial charge in [0.25, 0.3) is 0 Å². The summed E-state index contributed by atoms with van der Waals surface area (Å²) < 4.78 is 0. The lowest BCUT2D eigenvalue weighted by molar-refractivity contribution is 0.448. The Morgan fingerprint density at radius 2 is 2.27 bits per heavy atom. The Morgan fingerprint density at radius 3 is 3.00 bits per heavy atom. The quantitative estimate of drug-likeness (QED) is 0.809. The molecule has 0 saturated heterocycles. The molecule has 15 heavy (non-hydrogen) atoms. The van der Waals surface area contributed by atoms with Crippen molar-refractivity contribution >= 4 is 11.6 Å². The van der Waals surface area contributed by atoms with Crippen LogP contribution >= 0.6 is 11.6 Å². The third kappa shape index (κ3) is 2.53. The first-order valence-corrected chi connectivity index (χ1v) is 6.03. The van der Waals surface area contributed by atoms with Gasteiger partial charge in [0.2, 0.25) is 0 Å². The Labute approximate surface area is 96.8 Å². The number of benzene rings is 1. The molecule has 0 amide bonds. The maximum Gasteiger partial charge on any atom is 0.0409 e. The molecule has 1 N–H and O–H groups in total. The largest absolute Gasteiger partial charge is 0.312 e. The van der Waals surface area contributed by atoms with Gasteiger partial charge < -0.3 is 5.32 Å². The van der Waals surface area contributed by atoms with Crippen LogP contribution in [0.5, 0.6) is 0 Å². The fourth-order valence-electron chi connectivity index (χ4n) is 2.40. The molecule has 0 radical (unpaired) electrons. The van der Waals surface area contributed by atoms with Gasteiger partial charge in [0, 0.05) is 18.1 Å². The van der Waals surface area contributed by atoms with Gasteiger partial charge in [0.05, 0.1) is 0 Å². The van der Waals surface area contributed by atoms with E-state index in [9.17, 15) is 0 Å². The highest BCUT2D eigenvalue weighted by molar-refractivity contribution is 6.30. The standard InChI is InChI=1S/C13H18ClN/c1-9(2)5-10-7-15-8-11-6-12(14)3-4-13(10)11/h3-4,6,9-10,15H,5,7-8H2,1-2H3. The summed E-state index contributed by atoms with van der Waals surface area (Å²) in [5, 5.41) is 4.31. The predicted octanol–water partition coefficient (Wildman–Crippen LogP) is 3.57. The third-order valence-corrected chi connectivity index (χ3v) is 3.24. The number of rotatable bonds is 2. The number of nitrogens with one attached hydrogen (secondary N) is 1. The molecule has 0 bridgehead atoms. The molecule has 0 spiro atoms. The van der Waals surface area contributed by atoms with E-state index in [1.165, 1.54) is 17.5 Å². The van der Waals surface area contributed by atoms with Crippen molar-refractivity contribution in [2.24, 2.45) is 5.92 Å². The highest BCUT2D eigenvalue weighted by atomic mass is 35.5. The molecule has 0 saturated carbocycles. The minimum atomic E-state index is 0.658. The second kappa shape index (κ2) is 4.54. The Kier molecular flexibility index (Phi) is 3.32. The molecule has 1 aliphatic heterocycles. The molecule has 1 nitrogen and oxygen atoms in total. The van der Waals surface area contributed by atoms with Crippen molar-refractivity contribution in [3.8, 4) is 0 Å². The van der Waals surface area contributed by atoms with Gasteiger partial charge in [-0.3, -0.25) is 0 Å². The van der Waals surface area contributed by atoms with Crippen molar-refractivity contribution in [3.05, 3.63) is 34.3 Å². The van der Waals surface area contributed by atoms with Gasteiger partial charge in [0.1, 0.15) is 0 Å². The molecule has 0 aliphatic carbocycles. The Morgan fingerprint density at radius 1 is 1.47 bits per heavy atom. The van der Waals surface area contributed by atoms with Gasteiger partial charge >= 0.3 is 0 Å². The Hall–Kier alpha value is -0.530. The fourth-order valence-corrected chi connectivity index (χ4v) is 2.59. The van der Waals surface area contributed by atoms with E-state index in [0.29, 0.717) is 5.92 Å². The van der Waals surface area contributed by atoms with E-state index >= 15 is 0 Å². The van der Waals surface area contributed by atoms with E-state index in [0.717, 1.165) is 24.0 Å². The zero-order valence-corrected chi connectivity index (χ0v) is 10.1. The molecule has 1 aromatic carbocycles.